The van der Waals surface area contributed by atoms with E-state index in [2.05, 4.69) is 20.4 Å². The van der Waals surface area contributed by atoms with Gasteiger partial charge in [-0.2, -0.15) is 4.98 Å². The smallest absolute Gasteiger partial charge is 0.227 e. The van der Waals surface area contributed by atoms with Crippen molar-refractivity contribution in [3.8, 4) is 11.5 Å². The van der Waals surface area contributed by atoms with Gasteiger partial charge in [-0.3, -0.25) is 0 Å². The summed E-state index contributed by atoms with van der Waals surface area (Å²) in [6.07, 6.45) is 6.70. The third kappa shape index (κ3) is 2.28. The Labute approximate surface area is 105 Å². The van der Waals surface area contributed by atoms with Crippen LogP contribution in [0, 0.1) is 5.92 Å². The van der Waals surface area contributed by atoms with Crippen LogP contribution >= 0.6 is 0 Å². The van der Waals surface area contributed by atoms with Gasteiger partial charge >= 0.3 is 0 Å². The van der Waals surface area contributed by atoms with E-state index >= 15 is 0 Å². The van der Waals surface area contributed by atoms with Crippen LogP contribution in [-0.4, -0.2) is 32.8 Å². The molecule has 18 heavy (non-hydrogen) atoms. The quantitative estimate of drug-likeness (QED) is 0.873. The van der Waals surface area contributed by atoms with Crippen LogP contribution in [0.2, 0.25) is 0 Å². The van der Waals surface area contributed by atoms with Gasteiger partial charge in [-0.15, -0.1) is 0 Å². The van der Waals surface area contributed by atoms with Crippen molar-refractivity contribution in [2.45, 2.75) is 19.3 Å². The fourth-order valence-electron chi connectivity index (χ4n) is 2.32. The highest BCUT2D eigenvalue weighted by Gasteiger charge is 2.17. The Hall–Kier alpha value is -1.69. The van der Waals surface area contributed by atoms with Crippen molar-refractivity contribution in [2.24, 2.45) is 13.0 Å². The fraction of sp³-hybridized carbons (Fsp3) is 0.583. The van der Waals surface area contributed by atoms with Gasteiger partial charge in [-0.25, -0.2) is 4.98 Å². The summed E-state index contributed by atoms with van der Waals surface area (Å²) in [4.78, 5) is 8.46. The molecule has 0 spiro atoms. The molecule has 1 atom stereocenters. The van der Waals surface area contributed by atoms with Crippen LogP contribution in [0.3, 0.4) is 0 Å². The molecule has 1 fully saturated rings. The Morgan fingerprint density at radius 3 is 3.22 bits per heavy atom. The number of imidazole rings is 1. The largest absolute Gasteiger partial charge is 0.339 e. The first-order chi connectivity index (χ1) is 8.83. The van der Waals surface area contributed by atoms with E-state index in [1.54, 1.807) is 12.5 Å². The number of rotatable bonds is 4. The van der Waals surface area contributed by atoms with E-state index in [1.165, 1.54) is 6.42 Å². The molecule has 1 unspecified atom stereocenters. The number of nitrogens with one attached hydrogen (secondary N) is 1. The van der Waals surface area contributed by atoms with Gasteiger partial charge in [-0.1, -0.05) is 5.16 Å². The molecule has 1 aliphatic rings. The van der Waals surface area contributed by atoms with Crippen LogP contribution in [0.15, 0.2) is 17.0 Å². The average Bonchev–Trinajstić information content (AvgIpc) is 3.07. The molecule has 0 saturated carbocycles. The van der Waals surface area contributed by atoms with Crippen molar-refractivity contribution in [3.05, 3.63) is 18.4 Å². The van der Waals surface area contributed by atoms with Gasteiger partial charge in [0, 0.05) is 13.5 Å². The summed E-state index contributed by atoms with van der Waals surface area (Å²) in [5.41, 5.74) is 0.882. The first kappa shape index (κ1) is 11.4. The Morgan fingerprint density at radius 2 is 2.50 bits per heavy atom. The minimum absolute atomic E-state index is 0.620. The van der Waals surface area contributed by atoms with E-state index in [-0.39, 0.29) is 0 Å². The first-order valence-electron chi connectivity index (χ1n) is 6.33. The van der Waals surface area contributed by atoms with Gasteiger partial charge in [0.15, 0.2) is 0 Å². The van der Waals surface area contributed by atoms with E-state index in [9.17, 15) is 0 Å². The summed E-state index contributed by atoms with van der Waals surface area (Å²) in [5, 5.41) is 7.37. The molecular weight excluding hydrogens is 230 g/mol. The maximum absolute atomic E-state index is 5.28. The third-order valence-electron chi connectivity index (χ3n) is 3.44. The minimum Gasteiger partial charge on any atom is -0.339 e. The molecule has 2 aromatic heterocycles. The van der Waals surface area contributed by atoms with Crippen LogP contribution in [-0.2, 0) is 13.5 Å². The summed E-state index contributed by atoms with van der Waals surface area (Å²) in [7, 11) is 1.92. The summed E-state index contributed by atoms with van der Waals surface area (Å²) in [6, 6.07) is 0. The Bertz CT molecular complexity index is 512. The second-order valence-corrected chi connectivity index (χ2v) is 4.80. The zero-order valence-electron chi connectivity index (χ0n) is 10.5. The number of hydrogen-bond acceptors (Lipinski definition) is 5. The molecule has 6 heteroatoms. The predicted molar refractivity (Wildman–Crippen MR) is 65.8 cm³/mol. The Morgan fingerprint density at radius 1 is 1.56 bits per heavy atom. The molecule has 96 valence electrons. The van der Waals surface area contributed by atoms with Crippen LogP contribution in [0.1, 0.15) is 18.7 Å². The minimum atomic E-state index is 0.620. The number of hydrogen-bond donors (Lipinski definition) is 1. The van der Waals surface area contributed by atoms with Crippen LogP contribution in [0.25, 0.3) is 11.5 Å². The standard InChI is InChI=1S/C12H17N5O/c1-17-8-14-7-10(17)12-15-11(18-16-12)3-2-9-4-5-13-6-9/h7-9,13H,2-6H2,1H3. The number of aromatic nitrogens is 4. The van der Waals surface area contributed by atoms with E-state index in [0.717, 1.165) is 43.4 Å². The van der Waals surface area contributed by atoms with Gasteiger partial charge in [0.2, 0.25) is 11.7 Å². The van der Waals surface area contributed by atoms with E-state index in [0.29, 0.717) is 5.82 Å². The highest BCUT2D eigenvalue weighted by molar-refractivity contribution is 5.46. The molecule has 6 nitrogen and oxygen atoms in total. The fourth-order valence-corrected chi connectivity index (χ4v) is 2.32. The predicted octanol–water partition coefficient (Wildman–Crippen LogP) is 1.01. The molecule has 3 rings (SSSR count). The summed E-state index contributed by atoms with van der Waals surface area (Å²) in [6.45, 7) is 2.25. The summed E-state index contributed by atoms with van der Waals surface area (Å²) < 4.78 is 7.17. The van der Waals surface area contributed by atoms with Gasteiger partial charge in [-0.05, 0) is 31.8 Å². The summed E-state index contributed by atoms with van der Waals surface area (Å²) >= 11 is 0. The van der Waals surface area contributed by atoms with Crippen molar-refractivity contribution >= 4 is 0 Å². The first-order valence-corrected chi connectivity index (χ1v) is 6.33. The average molecular weight is 247 g/mol. The lowest BCUT2D eigenvalue weighted by molar-refractivity contribution is 0.365. The van der Waals surface area contributed by atoms with Gasteiger partial charge in [0.1, 0.15) is 5.69 Å². The molecule has 0 aromatic carbocycles. The second kappa shape index (κ2) is 4.89. The maximum atomic E-state index is 5.28. The van der Waals surface area contributed by atoms with Crippen LogP contribution < -0.4 is 5.32 Å². The van der Waals surface area contributed by atoms with Crippen molar-refractivity contribution in [3.63, 3.8) is 0 Å². The van der Waals surface area contributed by atoms with Crippen LogP contribution in [0.5, 0.6) is 0 Å². The molecule has 2 aromatic rings. The van der Waals surface area contributed by atoms with E-state index in [4.69, 9.17) is 4.52 Å². The normalized spacial score (nSPS) is 19.5. The van der Waals surface area contributed by atoms with Crippen molar-refractivity contribution < 1.29 is 4.52 Å². The Kier molecular flexibility index (Phi) is 3.10. The van der Waals surface area contributed by atoms with Gasteiger partial charge in [0.05, 0.1) is 12.5 Å². The molecule has 0 amide bonds. The van der Waals surface area contributed by atoms with Crippen LogP contribution in [0.4, 0.5) is 0 Å². The second-order valence-electron chi connectivity index (χ2n) is 4.80. The number of aryl methyl sites for hydroxylation is 2. The van der Waals surface area contributed by atoms with Crippen molar-refractivity contribution in [2.75, 3.05) is 13.1 Å². The lowest BCUT2D eigenvalue weighted by Gasteiger charge is -2.03. The highest BCUT2D eigenvalue weighted by atomic mass is 16.5. The third-order valence-corrected chi connectivity index (χ3v) is 3.44. The monoisotopic (exact) mass is 247 g/mol. The lowest BCUT2D eigenvalue weighted by atomic mass is 10.0. The zero-order valence-corrected chi connectivity index (χ0v) is 10.5. The van der Waals surface area contributed by atoms with Gasteiger partial charge < -0.3 is 14.4 Å². The molecule has 3 heterocycles. The van der Waals surface area contributed by atoms with E-state index in [1.807, 2.05) is 11.6 Å². The molecule has 0 aliphatic carbocycles. The molecule has 1 saturated heterocycles. The molecular formula is C12H17N5O. The molecule has 0 bridgehead atoms. The maximum Gasteiger partial charge on any atom is 0.227 e. The lowest BCUT2D eigenvalue weighted by Crippen LogP contribution is -2.09. The summed E-state index contributed by atoms with van der Waals surface area (Å²) in [5.74, 6) is 2.09. The SMILES string of the molecule is Cn1cncc1-c1noc(CCC2CCNC2)n1. The Balaban J connectivity index is 1.64. The molecule has 1 aliphatic heterocycles. The highest BCUT2D eigenvalue weighted by Crippen LogP contribution is 2.18. The van der Waals surface area contributed by atoms with Gasteiger partial charge in [0.25, 0.3) is 0 Å². The molecule has 1 N–H and O–H groups in total. The number of nitrogens with zero attached hydrogens (tertiary/aromatic N) is 4. The zero-order chi connectivity index (χ0) is 12.4. The van der Waals surface area contributed by atoms with E-state index < -0.39 is 0 Å². The van der Waals surface area contributed by atoms with Crippen molar-refractivity contribution in [1.82, 2.24) is 25.0 Å². The van der Waals surface area contributed by atoms with Crippen molar-refractivity contribution in [1.29, 1.82) is 0 Å². The molecule has 0 radical (unpaired) electrons. The topological polar surface area (TPSA) is 68.8 Å².